The fourth-order valence-corrected chi connectivity index (χ4v) is 20.2. The van der Waals surface area contributed by atoms with Crippen LogP contribution in [-0.4, -0.2) is 34.5 Å². The van der Waals surface area contributed by atoms with Gasteiger partial charge in [0.2, 0.25) is 10.7 Å². The quantitative estimate of drug-likeness (QED) is 0.128. The van der Waals surface area contributed by atoms with E-state index in [4.69, 9.17) is 15.0 Å². The van der Waals surface area contributed by atoms with Gasteiger partial charge in [0, 0.05) is 75.1 Å². The van der Waals surface area contributed by atoms with Gasteiger partial charge in [-0.3, -0.25) is 4.57 Å². The Morgan fingerprint density at radius 2 is 0.595 bits per heavy atom. The number of hydrogen-bond donors (Lipinski definition) is 0. The molecule has 5 aromatic heterocycles. The number of benzene rings is 18. The molecule has 0 unspecified atom stereocenters. The van der Waals surface area contributed by atoms with Gasteiger partial charge in [-0.15, -0.1) is 22.7 Å². The van der Waals surface area contributed by atoms with Crippen molar-refractivity contribution < 1.29 is 0 Å². The SMILES string of the molecule is Brc1nc(-c2ccccc2)nc(-c2ccccc2)n1.c1ccc(-c2ccc3c(c2)-c2cc(-c4ccc5ccccc5c4)c4c(sc5ccc(-c6ccccc6)cc54)c2C3)cc1.c1ccc(-c2ccc3sc4c(c(-c5ccc6ccccc6c5)cc5c6cc(-c7ccccc7)ccc6n(-c6nc(-c7ccccc7)nc(-c7ccccc7)n6)c54)c3c2)cc1. The first-order valence-electron chi connectivity index (χ1n) is 40.6. The Morgan fingerprint density at radius 3 is 1.05 bits per heavy atom. The van der Waals surface area contributed by atoms with Crippen LogP contribution in [0.5, 0.6) is 0 Å². The fraction of sp³-hybridized carbons (Fsp3) is 0.00901. The topological polar surface area (TPSA) is 82.3 Å². The van der Waals surface area contributed by atoms with Gasteiger partial charge in [-0.05, 0) is 193 Å². The molecule has 568 valence electrons. The van der Waals surface area contributed by atoms with E-state index in [-0.39, 0.29) is 0 Å². The molecule has 24 rings (SSSR count). The Labute approximate surface area is 715 Å². The van der Waals surface area contributed by atoms with Crippen LogP contribution in [-0.2, 0) is 6.42 Å². The molecule has 0 radical (unpaired) electrons. The molecule has 7 nitrogen and oxygen atoms in total. The van der Waals surface area contributed by atoms with Gasteiger partial charge in [-0.1, -0.05) is 346 Å². The number of aromatic nitrogens is 7. The summed E-state index contributed by atoms with van der Waals surface area (Å²) in [4.78, 5) is 28.9. The van der Waals surface area contributed by atoms with E-state index in [0.717, 1.165) is 56.0 Å². The molecule has 1 aliphatic carbocycles. The second-order valence-corrected chi connectivity index (χ2v) is 33.3. The molecule has 23 aromatic rings. The second kappa shape index (κ2) is 31.3. The van der Waals surface area contributed by atoms with Crippen LogP contribution in [0.1, 0.15) is 11.1 Å². The van der Waals surface area contributed by atoms with Gasteiger partial charge in [0.25, 0.3) is 0 Å². The van der Waals surface area contributed by atoms with Crippen molar-refractivity contribution in [3.63, 3.8) is 0 Å². The molecular weight excluding hydrogens is 1580 g/mol. The highest BCUT2D eigenvalue weighted by atomic mass is 79.9. The summed E-state index contributed by atoms with van der Waals surface area (Å²) in [5.74, 6) is 3.17. The van der Waals surface area contributed by atoms with Crippen molar-refractivity contribution in [3.05, 3.63) is 428 Å². The third-order valence-electron chi connectivity index (χ3n) is 23.2. The smallest absolute Gasteiger partial charge is 0.238 e. The zero-order valence-electron chi connectivity index (χ0n) is 65.3. The highest BCUT2D eigenvalue weighted by Gasteiger charge is 2.29. The van der Waals surface area contributed by atoms with Crippen LogP contribution in [0.4, 0.5) is 0 Å². The minimum atomic E-state index is 0.542. The summed E-state index contributed by atoms with van der Waals surface area (Å²) in [5, 5.41) is 12.5. The molecule has 0 amide bonds. The number of fused-ring (bicyclic) bond motifs is 16. The molecule has 10 heteroatoms. The highest BCUT2D eigenvalue weighted by Crippen LogP contribution is 2.53. The van der Waals surface area contributed by atoms with Crippen molar-refractivity contribution in [1.29, 1.82) is 0 Å². The average molecular weight is 1650 g/mol. The number of thiophene rings is 2. The molecule has 1 aliphatic rings. The van der Waals surface area contributed by atoms with Crippen LogP contribution in [0.15, 0.2) is 417 Å². The summed E-state index contributed by atoms with van der Waals surface area (Å²) in [5.41, 5.74) is 26.4. The van der Waals surface area contributed by atoms with Crippen molar-refractivity contribution in [2.24, 2.45) is 0 Å². The molecule has 18 aromatic carbocycles. The van der Waals surface area contributed by atoms with E-state index in [9.17, 15) is 0 Å². The minimum Gasteiger partial charge on any atom is -0.276 e. The third kappa shape index (κ3) is 13.8. The van der Waals surface area contributed by atoms with E-state index in [0.29, 0.717) is 34.0 Å². The first-order chi connectivity index (χ1) is 59.9. The molecule has 0 fully saturated rings. The molecule has 0 saturated heterocycles. The first kappa shape index (κ1) is 72.7. The van der Waals surface area contributed by atoms with Crippen molar-refractivity contribution in [1.82, 2.24) is 34.5 Å². The molecule has 0 bridgehead atoms. The Kier molecular flexibility index (Phi) is 18.8. The summed E-state index contributed by atoms with van der Waals surface area (Å²) in [6.07, 6.45) is 0.979. The fourth-order valence-electron chi connectivity index (χ4n) is 17.3. The maximum absolute atomic E-state index is 5.33. The largest absolute Gasteiger partial charge is 0.276 e. The number of rotatable bonds is 11. The molecular formula is C111H70BrN7S2. The lowest BCUT2D eigenvalue weighted by Crippen LogP contribution is -2.06. The van der Waals surface area contributed by atoms with Crippen LogP contribution < -0.4 is 0 Å². The van der Waals surface area contributed by atoms with Gasteiger partial charge in [-0.2, -0.15) is 9.97 Å². The number of nitrogens with zero attached hydrogens (tertiary/aromatic N) is 7. The van der Waals surface area contributed by atoms with E-state index in [2.05, 4.69) is 351 Å². The molecule has 0 spiro atoms. The van der Waals surface area contributed by atoms with Crippen molar-refractivity contribution in [2.45, 2.75) is 6.42 Å². The van der Waals surface area contributed by atoms with E-state index >= 15 is 0 Å². The Balaban J connectivity index is 0.000000124. The Bertz CT molecular complexity index is 7790. The molecule has 0 aliphatic heterocycles. The van der Waals surface area contributed by atoms with Gasteiger partial charge in [-0.25, -0.2) is 19.9 Å². The Hall–Kier alpha value is -14.8. The number of hydrogen-bond acceptors (Lipinski definition) is 8. The lowest BCUT2D eigenvalue weighted by Gasteiger charge is -2.12. The van der Waals surface area contributed by atoms with E-state index < -0.39 is 0 Å². The first-order valence-corrected chi connectivity index (χ1v) is 43.0. The van der Waals surface area contributed by atoms with E-state index in [1.165, 1.54) is 145 Å². The van der Waals surface area contributed by atoms with Crippen LogP contribution >= 0.6 is 38.6 Å². The standard InChI is InChI=1S/C55H34N4S.C41H26S.C15H10BrN3/c1-5-15-35(16-6-1)41-27-29-48-45(32-41)46-34-44(43-26-25-37-19-13-14-24-40(37)31-43)50-47-33-42(36-17-7-2-8-18-36)28-30-49(47)60-52(50)51(46)59(48)55-57-53(38-20-9-3-10-21-38)56-54(58-55)39-22-11-4-12-23-39;1-3-9-26(10-4-1)30-16-18-33-24-37-36(34(33)22-30)25-35(32-17-15-28-13-7-8-14-29(28)21-32)40-38-23-31(27-11-5-2-6-12-27)19-20-39(38)42-41(37)40;16-15-18-13(11-7-3-1-4-8-11)17-14(19-15)12-9-5-2-6-10-12/h1-34H;1-23,25H,24H2;1-10H. The molecule has 0 saturated carbocycles. The van der Waals surface area contributed by atoms with Gasteiger partial charge in [0.05, 0.1) is 15.7 Å². The summed E-state index contributed by atoms with van der Waals surface area (Å²) in [6.45, 7) is 0. The van der Waals surface area contributed by atoms with Crippen molar-refractivity contribution in [3.8, 4) is 129 Å². The minimum absolute atomic E-state index is 0.542. The summed E-state index contributed by atoms with van der Waals surface area (Å²) >= 11 is 7.14. The monoisotopic (exact) mass is 1640 g/mol. The summed E-state index contributed by atoms with van der Waals surface area (Å²) in [7, 11) is 0. The Morgan fingerprint density at radius 1 is 0.240 bits per heavy atom. The lowest BCUT2D eigenvalue weighted by atomic mass is 9.91. The molecule has 0 N–H and O–H groups in total. The lowest BCUT2D eigenvalue weighted by molar-refractivity contribution is 0.955. The van der Waals surface area contributed by atoms with Gasteiger partial charge in [0.1, 0.15) is 0 Å². The maximum atomic E-state index is 5.33. The van der Waals surface area contributed by atoms with Crippen molar-refractivity contribution >= 4 is 122 Å². The summed E-state index contributed by atoms with van der Waals surface area (Å²) < 4.78 is 8.03. The zero-order chi connectivity index (χ0) is 80.3. The van der Waals surface area contributed by atoms with Crippen molar-refractivity contribution in [2.75, 3.05) is 0 Å². The van der Waals surface area contributed by atoms with Crippen LogP contribution in [0.3, 0.4) is 0 Å². The van der Waals surface area contributed by atoms with E-state index in [1.54, 1.807) is 0 Å². The van der Waals surface area contributed by atoms with Crippen LogP contribution in [0.2, 0.25) is 0 Å². The zero-order valence-corrected chi connectivity index (χ0v) is 68.5. The third-order valence-corrected chi connectivity index (χ3v) is 26.0. The predicted molar refractivity (Wildman–Crippen MR) is 512 cm³/mol. The second-order valence-electron chi connectivity index (χ2n) is 30.5. The van der Waals surface area contributed by atoms with Gasteiger partial charge >= 0.3 is 0 Å². The van der Waals surface area contributed by atoms with Crippen LogP contribution in [0.25, 0.3) is 213 Å². The van der Waals surface area contributed by atoms with Gasteiger partial charge in [0.15, 0.2) is 23.3 Å². The predicted octanol–water partition coefficient (Wildman–Crippen LogP) is 30.6. The molecule has 0 atom stereocenters. The van der Waals surface area contributed by atoms with Crippen LogP contribution in [0, 0.1) is 0 Å². The number of halogens is 1. The molecule has 121 heavy (non-hydrogen) atoms. The normalized spacial score (nSPS) is 11.6. The summed E-state index contributed by atoms with van der Waals surface area (Å²) in [6, 6.07) is 147. The highest BCUT2D eigenvalue weighted by molar-refractivity contribution is 9.10. The average Bonchev–Trinajstić information content (AvgIpc) is 1.55. The maximum Gasteiger partial charge on any atom is 0.238 e. The van der Waals surface area contributed by atoms with E-state index in [1.807, 2.05) is 120 Å². The van der Waals surface area contributed by atoms with Gasteiger partial charge < -0.3 is 0 Å². The molecule has 5 heterocycles.